The van der Waals surface area contributed by atoms with Crippen molar-refractivity contribution in [2.24, 2.45) is 0 Å². The van der Waals surface area contributed by atoms with Gasteiger partial charge in [-0.2, -0.15) is 0 Å². The summed E-state index contributed by atoms with van der Waals surface area (Å²) >= 11 is 5.69. The third-order valence-corrected chi connectivity index (χ3v) is 2.68. The highest BCUT2D eigenvalue weighted by molar-refractivity contribution is 6.30. The van der Waals surface area contributed by atoms with Crippen LogP contribution in [0.15, 0.2) is 36.4 Å². The smallest absolute Gasteiger partial charge is 0.335 e. The molecule has 0 aliphatic rings. The van der Waals surface area contributed by atoms with Crippen LogP contribution < -0.4 is 0 Å². The molecule has 2 aromatic rings. The molecule has 0 unspecified atom stereocenters. The van der Waals surface area contributed by atoms with Gasteiger partial charge in [0.15, 0.2) is 11.6 Å². The zero-order valence-corrected chi connectivity index (χ0v) is 9.71. The van der Waals surface area contributed by atoms with E-state index in [0.717, 1.165) is 6.07 Å². The Balaban J connectivity index is 2.62. The van der Waals surface area contributed by atoms with E-state index in [1.807, 2.05) is 0 Å². The number of aromatic carboxylic acids is 1. The van der Waals surface area contributed by atoms with Gasteiger partial charge in [-0.15, -0.1) is 0 Å². The highest BCUT2D eigenvalue weighted by Crippen LogP contribution is 2.27. The third kappa shape index (κ3) is 2.33. The first-order chi connectivity index (χ1) is 8.49. The molecule has 0 aliphatic heterocycles. The van der Waals surface area contributed by atoms with E-state index in [0.29, 0.717) is 16.7 Å². The lowest BCUT2D eigenvalue weighted by molar-refractivity contribution is 0.0696. The highest BCUT2D eigenvalue weighted by atomic mass is 35.5. The maximum atomic E-state index is 13.6. The second-order valence-electron chi connectivity index (χ2n) is 3.63. The van der Waals surface area contributed by atoms with Crippen molar-refractivity contribution in [2.75, 3.05) is 0 Å². The van der Waals surface area contributed by atoms with Crippen LogP contribution in [0.4, 0.5) is 8.78 Å². The van der Waals surface area contributed by atoms with E-state index in [9.17, 15) is 13.6 Å². The predicted molar refractivity (Wildman–Crippen MR) is 63.8 cm³/mol. The molecule has 2 rings (SSSR count). The van der Waals surface area contributed by atoms with Crippen molar-refractivity contribution in [3.8, 4) is 11.1 Å². The molecule has 0 radical (unpaired) electrons. The molecule has 2 nitrogen and oxygen atoms in total. The summed E-state index contributed by atoms with van der Waals surface area (Å²) in [4.78, 5) is 10.8. The van der Waals surface area contributed by atoms with E-state index in [1.54, 1.807) is 0 Å². The Kier molecular flexibility index (Phi) is 3.30. The van der Waals surface area contributed by atoms with Gasteiger partial charge in [0.25, 0.3) is 0 Å². The normalized spacial score (nSPS) is 10.4. The maximum absolute atomic E-state index is 13.6. The molecule has 0 bridgehead atoms. The molecule has 0 aromatic heterocycles. The van der Waals surface area contributed by atoms with E-state index < -0.39 is 17.6 Å². The van der Waals surface area contributed by atoms with E-state index in [1.165, 1.54) is 24.3 Å². The van der Waals surface area contributed by atoms with Crippen LogP contribution in [0.3, 0.4) is 0 Å². The van der Waals surface area contributed by atoms with Crippen LogP contribution in [-0.4, -0.2) is 11.1 Å². The Morgan fingerprint density at radius 2 is 1.72 bits per heavy atom. The van der Waals surface area contributed by atoms with Gasteiger partial charge in [0.1, 0.15) is 0 Å². The average molecular weight is 269 g/mol. The van der Waals surface area contributed by atoms with Crippen LogP contribution in [0.1, 0.15) is 10.4 Å². The predicted octanol–water partition coefficient (Wildman–Crippen LogP) is 3.98. The van der Waals surface area contributed by atoms with Gasteiger partial charge in [-0.05, 0) is 29.8 Å². The van der Waals surface area contributed by atoms with Crippen molar-refractivity contribution >= 4 is 17.6 Å². The molecule has 18 heavy (non-hydrogen) atoms. The van der Waals surface area contributed by atoms with Crippen LogP contribution in [-0.2, 0) is 0 Å². The fourth-order valence-electron chi connectivity index (χ4n) is 1.55. The van der Waals surface area contributed by atoms with Crippen LogP contribution in [0, 0.1) is 11.6 Å². The second-order valence-corrected chi connectivity index (χ2v) is 4.07. The molecule has 1 N–H and O–H groups in total. The Morgan fingerprint density at radius 3 is 2.28 bits per heavy atom. The van der Waals surface area contributed by atoms with Crippen molar-refractivity contribution in [2.45, 2.75) is 0 Å². The van der Waals surface area contributed by atoms with Gasteiger partial charge < -0.3 is 5.11 Å². The number of rotatable bonds is 2. The summed E-state index contributed by atoms with van der Waals surface area (Å²) in [6.45, 7) is 0. The van der Waals surface area contributed by atoms with E-state index in [4.69, 9.17) is 16.7 Å². The van der Waals surface area contributed by atoms with E-state index in [2.05, 4.69) is 0 Å². The Morgan fingerprint density at radius 1 is 1.11 bits per heavy atom. The van der Waals surface area contributed by atoms with Crippen LogP contribution in [0.5, 0.6) is 0 Å². The summed E-state index contributed by atoms with van der Waals surface area (Å²) in [6.07, 6.45) is 0. The lowest BCUT2D eigenvalue weighted by Gasteiger charge is -2.06. The number of carboxylic acids is 1. The van der Waals surface area contributed by atoms with Crippen molar-refractivity contribution in [1.82, 2.24) is 0 Å². The summed E-state index contributed by atoms with van der Waals surface area (Å²) in [5.41, 5.74) is -0.0539. The van der Waals surface area contributed by atoms with Crippen LogP contribution in [0.2, 0.25) is 5.02 Å². The van der Waals surface area contributed by atoms with Gasteiger partial charge in [-0.1, -0.05) is 23.7 Å². The molecule has 0 heterocycles. The molecule has 5 heteroatoms. The number of halogens is 3. The van der Waals surface area contributed by atoms with Crippen LogP contribution in [0.25, 0.3) is 11.1 Å². The maximum Gasteiger partial charge on any atom is 0.335 e. The minimum absolute atomic E-state index is 0.107. The average Bonchev–Trinajstić information content (AvgIpc) is 2.33. The zero-order valence-electron chi connectivity index (χ0n) is 8.95. The summed E-state index contributed by atoms with van der Waals surface area (Å²) in [5.74, 6) is -3.59. The number of benzene rings is 2. The van der Waals surface area contributed by atoms with Crippen molar-refractivity contribution in [3.05, 3.63) is 58.6 Å². The Hall–Kier alpha value is -1.94. The topological polar surface area (TPSA) is 37.3 Å². The van der Waals surface area contributed by atoms with E-state index in [-0.39, 0.29) is 11.1 Å². The van der Waals surface area contributed by atoms with Crippen molar-refractivity contribution in [3.63, 3.8) is 0 Å². The molecule has 92 valence electrons. The minimum Gasteiger partial charge on any atom is -0.478 e. The zero-order chi connectivity index (χ0) is 13.3. The van der Waals surface area contributed by atoms with Gasteiger partial charge in [0.05, 0.1) is 5.56 Å². The first-order valence-electron chi connectivity index (χ1n) is 4.97. The molecule has 0 saturated carbocycles. The molecule has 0 aliphatic carbocycles. The van der Waals surface area contributed by atoms with Crippen molar-refractivity contribution in [1.29, 1.82) is 0 Å². The first-order valence-corrected chi connectivity index (χ1v) is 5.35. The number of hydrogen-bond donors (Lipinski definition) is 1. The minimum atomic E-state index is -1.32. The standard InChI is InChI=1S/C13H7ClF2O2/c14-9-3-1-7(2-4-9)10-5-8(13(17)18)6-11(15)12(10)16/h1-6H,(H,17,18). The van der Waals surface area contributed by atoms with Gasteiger partial charge in [-0.25, -0.2) is 13.6 Å². The Bertz CT molecular complexity index is 609. The van der Waals surface area contributed by atoms with Crippen molar-refractivity contribution < 1.29 is 18.7 Å². The third-order valence-electron chi connectivity index (χ3n) is 2.43. The van der Waals surface area contributed by atoms with Gasteiger partial charge in [0.2, 0.25) is 0 Å². The van der Waals surface area contributed by atoms with E-state index >= 15 is 0 Å². The van der Waals surface area contributed by atoms with Gasteiger partial charge in [0, 0.05) is 10.6 Å². The summed E-state index contributed by atoms with van der Waals surface area (Å²) < 4.78 is 26.9. The van der Waals surface area contributed by atoms with Gasteiger partial charge in [-0.3, -0.25) is 0 Å². The fourth-order valence-corrected chi connectivity index (χ4v) is 1.68. The summed E-state index contributed by atoms with van der Waals surface area (Å²) in [6, 6.07) is 7.75. The molecule has 2 aromatic carbocycles. The number of carboxylic acid groups (broad SMARTS) is 1. The molecular formula is C13H7ClF2O2. The largest absolute Gasteiger partial charge is 0.478 e. The summed E-state index contributed by atoms with van der Waals surface area (Å²) in [5, 5.41) is 9.26. The highest BCUT2D eigenvalue weighted by Gasteiger charge is 2.15. The summed E-state index contributed by atoms with van der Waals surface area (Å²) in [7, 11) is 0. The Labute approximate surface area is 106 Å². The molecule has 0 saturated heterocycles. The molecule has 0 atom stereocenters. The lowest BCUT2D eigenvalue weighted by atomic mass is 10.0. The quantitative estimate of drug-likeness (QED) is 0.894. The first kappa shape index (κ1) is 12.5. The molecular weight excluding hydrogens is 262 g/mol. The van der Waals surface area contributed by atoms with Crippen LogP contribution >= 0.6 is 11.6 Å². The second kappa shape index (κ2) is 4.74. The van der Waals surface area contributed by atoms with Gasteiger partial charge >= 0.3 is 5.97 Å². The molecule has 0 amide bonds. The SMILES string of the molecule is O=C(O)c1cc(F)c(F)c(-c2ccc(Cl)cc2)c1. The number of carbonyl (C=O) groups is 1. The monoisotopic (exact) mass is 268 g/mol. The molecule has 0 spiro atoms. The number of hydrogen-bond acceptors (Lipinski definition) is 1. The molecule has 0 fully saturated rings. The fraction of sp³-hybridized carbons (Fsp3) is 0. The lowest BCUT2D eigenvalue weighted by Crippen LogP contribution is -2.00.